The largest absolute Gasteiger partial charge is 0.487 e. The molecule has 1 aromatic heterocycles. The highest BCUT2D eigenvalue weighted by molar-refractivity contribution is 9.09. The van der Waals surface area contributed by atoms with E-state index in [1.807, 2.05) is 18.2 Å². The third-order valence-corrected chi connectivity index (χ3v) is 4.14. The lowest BCUT2D eigenvalue weighted by molar-refractivity contribution is 0.306. The second-order valence-electron chi connectivity index (χ2n) is 5.12. The molecule has 0 N–H and O–H groups in total. The van der Waals surface area contributed by atoms with Gasteiger partial charge in [-0.2, -0.15) is 0 Å². The molecule has 1 heterocycles. The van der Waals surface area contributed by atoms with Crippen LogP contribution in [0.15, 0.2) is 40.9 Å². The summed E-state index contributed by atoms with van der Waals surface area (Å²) in [5.41, 5.74) is 3.92. The van der Waals surface area contributed by atoms with Crippen LogP contribution in [0.4, 0.5) is 0 Å². The molecule has 0 atom stereocenters. The van der Waals surface area contributed by atoms with Gasteiger partial charge in [0.15, 0.2) is 5.58 Å². The highest BCUT2D eigenvalue weighted by Gasteiger charge is 2.12. The van der Waals surface area contributed by atoms with Crippen molar-refractivity contribution < 1.29 is 9.26 Å². The minimum absolute atomic E-state index is 0.466. The molecule has 3 aromatic rings. The maximum absolute atomic E-state index is 6.32. The smallest absolute Gasteiger partial charge is 0.170 e. The van der Waals surface area contributed by atoms with Gasteiger partial charge in [-0.15, -0.1) is 0 Å². The zero-order chi connectivity index (χ0) is 15.5. The summed E-state index contributed by atoms with van der Waals surface area (Å²) in [5, 5.41) is 6.41. The number of aromatic nitrogens is 1. The molecule has 2 aromatic carbocycles. The molecule has 0 saturated carbocycles. The molecule has 0 radical (unpaired) electrons. The number of alkyl halides is 1. The summed E-state index contributed by atoms with van der Waals surface area (Å²) in [5.74, 6) is 0.608. The topological polar surface area (TPSA) is 35.3 Å². The Kier molecular flexibility index (Phi) is 4.69. The molecule has 0 aliphatic heterocycles. The average Bonchev–Trinajstić information content (AvgIpc) is 2.89. The lowest BCUT2D eigenvalue weighted by Crippen LogP contribution is -1.96. The highest BCUT2D eigenvalue weighted by Crippen LogP contribution is 2.32. The fourth-order valence-electron chi connectivity index (χ4n) is 2.22. The predicted octanol–water partition coefficient (Wildman–Crippen LogP) is 5.31. The van der Waals surface area contributed by atoms with Crippen LogP contribution in [0.3, 0.4) is 0 Å². The molecule has 0 saturated heterocycles. The minimum Gasteiger partial charge on any atom is -0.487 e. The second kappa shape index (κ2) is 6.71. The number of halogens is 2. The zero-order valence-corrected chi connectivity index (χ0v) is 14.4. The fraction of sp³-hybridized carbons (Fsp3) is 0.235. The van der Waals surface area contributed by atoms with Crippen LogP contribution in [0.2, 0.25) is 5.02 Å². The summed E-state index contributed by atoms with van der Waals surface area (Å²) in [6.45, 7) is 2.53. The molecule has 3 rings (SSSR count). The van der Waals surface area contributed by atoms with Crippen LogP contribution >= 0.6 is 27.5 Å². The van der Waals surface area contributed by atoms with E-state index >= 15 is 0 Å². The van der Waals surface area contributed by atoms with E-state index in [-0.39, 0.29) is 0 Å². The van der Waals surface area contributed by atoms with Crippen LogP contribution in [-0.4, -0.2) is 10.5 Å². The molecule has 3 nitrogen and oxygen atoms in total. The average molecular weight is 381 g/mol. The number of hydrogen-bond acceptors (Lipinski definition) is 3. The van der Waals surface area contributed by atoms with E-state index in [9.17, 15) is 0 Å². The molecule has 0 unspecified atom stereocenters. The van der Waals surface area contributed by atoms with Crippen molar-refractivity contribution >= 4 is 38.5 Å². The van der Waals surface area contributed by atoms with Crippen LogP contribution in [-0.2, 0) is 13.0 Å². The van der Waals surface area contributed by atoms with Crippen LogP contribution in [0, 0.1) is 6.92 Å². The molecule has 0 aliphatic rings. The van der Waals surface area contributed by atoms with E-state index in [1.54, 1.807) is 6.07 Å². The monoisotopic (exact) mass is 379 g/mol. The number of benzene rings is 2. The normalized spacial score (nSPS) is 11.0. The van der Waals surface area contributed by atoms with E-state index in [4.69, 9.17) is 20.9 Å². The second-order valence-corrected chi connectivity index (χ2v) is 6.32. The first kappa shape index (κ1) is 15.4. The summed E-state index contributed by atoms with van der Waals surface area (Å²) < 4.78 is 11.2. The van der Waals surface area contributed by atoms with Crippen molar-refractivity contribution in [2.75, 3.05) is 5.33 Å². The van der Waals surface area contributed by atoms with Gasteiger partial charge in [0.1, 0.15) is 12.4 Å². The first-order valence-electron chi connectivity index (χ1n) is 6.99. The van der Waals surface area contributed by atoms with Crippen molar-refractivity contribution in [1.82, 2.24) is 5.16 Å². The summed E-state index contributed by atoms with van der Waals surface area (Å²) >= 11 is 9.72. The summed E-state index contributed by atoms with van der Waals surface area (Å²) in [4.78, 5) is 0. The summed E-state index contributed by atoms with van der Waals surface area (Å²) in [6, 6.07) is 11.9. The van der Waals surface area contributed by atoms with E-state index < -0.39 is 0 Å². The SMILES string of the molecule is Cc1ccc(COc2cc3onc(CCBr)c3cc2Cl)cc1. The van der Waals surface area contributed by atoms with E-state index in [0.29, 0.717) is 23.0 Å². The minimum atomic E-state index is 0.466. The van der Waals surface area contributed by atoms with Gasteiger partial charge in [-0.05, 0) is 18.6 Å². The van der Waals surface area contributed by atoms with Crippen molar-refractivity contribution in [2.45, 2.75) is 20.0 Å². The van der Waals surface area contributed by atoms with Crippen molar-refractivity contribution in [1.29, 1.82) is 0 Å². The Hall–Kier alpha value is -1.52. The van der Waals surface area contributed by atoms with Gasteiger partial charge in [-0.25, -0.2) is 0 Å². The Bertz CT molecular complexity index is 783. The van der Waals surface area contributed by atoms with Crippen LogP contribution in [0.5, 0.6) is 5.75 Å². The lowest BCUT2D eigenvalue weighted by Gasteiger charge is -2.08. The Morgan fingerprint density at radius 3 is 2.73 bits per heavy atom. The molecule has 0 spiro atoms. The van der Waals surface area contributed by atoms with Crippen molar-refractivity contribution in [3.05, 3.63) is 58.2 Å². The van der Waals surface area contributed by atoms with Gasteiger partial charge in [-0.1, -0.05) is 62.5 Å². The number of fused-ring (bicyclic) bond motifs is 1. The summed E-state index contributed by atoms with van der Waals surface area (Å²) in [6.07, 6.45) is 0.799. The number of rotatable bonds is 5. The van der Waals surface area contributed by atoms with Crippen molar-refractivity contribution in [3.8, 4) is 5.75 Å². The molecular weight excluding hydrogens is 366 g/mol. The van der Waals surface area contributed by atoms with Crippen molar-refractivity contribution in [3.63, 3.8) is 0 Å². The lowest BCUT2D eigenvalue weighted by atomic mass is 10.1. The predicted molar refractivity (Wildman–Crippen MR) is 92.0 cm³/mol. The molecule has 0 fully saturated rings. The number of nitrogens with zero attached hydrogens (tertiary/aromatic N) is 1. The first-order valence-corrected chi connectivity index (χ1v) is 8.49. The van der Waals surface area contributed by atoms with Gasteiger partial charge in [-0.3, -0.25) is 0 Å². The molecule has 0 amide bonds. The Labute approximate surface area is 142 Å². The van der Waals surface area contributed by atoms with Gasteiger partial charge >= 0.3 is 0 Å². The Balaban J connectivity index is 1.81. The first-order chi connectivity index (χ1) is 10.7. The van der Waals surface area contributed by atoms with Gasteiger partial charge < -0.3 is 9.26 Å². The fourth-order valence-corrected chi connectivity index (χ4v) is 2.81. The van der Waals surface area contributed by atoms with Crippen LogP contribution < -0.4 is 4.74 Å². The third kappa shape index (κ3) is 3.28. The van der Waals surface area contributed by atoms with E-state index in [2.05, 4.69) is 40.1 Å². The number of ether oxygens (including phenoxy) is 1. The van der Waals surface area contributed by atoms with Crippen LogP contribution in [0.25, 0.3) is 11.0 Å². The standard InChI is InChI=1S/C17H15BrClNO2/c1-11-2-4-12(5-3-11)10-21-17-9-16-13(8-14(17)19)15(6-7-18)20-22-16/h2-5,8-9H,6-7,10H2,1H3. The number of aryl methyl sites for hydroxylation is 2. The van der Waals surface area contributed by atoms with Gasteiger partial charge in [0, 0.05) is 23.2 Å². The van der Waals surface area contributed by atoms with Crippen molar-refractivity contribution in [2.24, 2.45) is 0 Å². The third-order valence-electron chi connectivity index (χ3n) is 3.45. The molecule has 0 bridgehead atoms. The van der Waals surface area contributed by atoms with Gasteiger partial charge in [0.2, 0.25) is 0 Å². The molecule has 0 aliphatic carbocycles. The molecule has 5 heteroatoms. The van der Waals surface area contributed by atoms with Crippen LogP contribution in [0.1, 0.15) is 16.8 Å². The quantitative estimate of drug-likeness (QED) is 0.563. The maximum Gasteiger partial charge on any atom is 0.170 e. The maximum atomic E-state index is 6.32. The zero-order valence-electron chi connectivity index (χ0n) is 12.1. The highest BCUT2D eigenvalue weighted by atomic mass is 79.9. The number of hydrogen-bond donors (Lipinski definition) is 0. The summed E-state index contributed by atoms with van der Waals surface area (Å²) in [7, 11) is 0. The molecular formula is C17H15BrClNO2. The van der Waals surface area contributed by atoms with E-state index in [1.165, 1.54) is 5.56 Å². The molecule has 114 valence electrons. The van der Waals surface area contributed by atoms with E-state index in [0.717, 1.165) is 28.4 Å². The molecule has 22 heavy (non-hydrogen) atoms. The Morgan fingerprint density at radius 2 is 2.00 bits per heavy atom. The Morgan fingerprint density at radius 1 is 1.23 bits per heavy atom. The van der Waals surface area contributed by atoms with Gasteiger partial charge in [0.25, 0.3) is 0 Å². The van der Waals surface area contributed by atoms with Gasteiger partial charge in [0.05, 0.1) is 10.7 Å².